The maximum atomic E-state index is 10.2. The van der Waals surface area contributed by atoms with Crippen LogP contribution in [0.1, 0.15) is 32.1 Å². The SMILES string of the molecule is O=C(O)CNC1=CCCCCC1. The summed E-state index contributed by atoms with van der Waals surface area (Å²) in [5.41, 5.74) is 1.11. The molecule has 0 bridgehead atoms. The lowest BCUT2D eigenvalue weighted by molar-refractivity contribution is -0.135. The number of carboxylic acids is 1. The summed E-state index contributed by atoms with van der Waals surface area (Å²) in [4.78, 5) is 10.2. The quantitative estimate of drug-likeness (QED) is 0.673. The van der Waals surface area contributed by atoms with Gasteiger partial charge in [-0.1, -0.05) is 12.5 Å². The zero-order chi connectivity index (χ0) is 8.81. The van der Waals surface area contributed by atoms with Crippen LogP contribution in [0, 0.1) is 0 Å². The molecule has 0 saturated heterocycles. The number of hydrogen-bond donors (Lipinski definition) is 2. The van der Waals surface area contributed by atoms with Gasteiger partial charge in [0.05, 0.1) is 0 Å². The van der Waals surface area contributed by atoms with Crippen molar-refractivity contribution in [3.63, 3.8) is 0 Å². The van der Waals surface area contributed by atoms with Gasteiger partial charge in [0.2, 0.25) is 0 Å². The van der Waals surface area contributed by atoms with Crippen molar-refractivity contribution in [3.05, 3.63) is 11.8 Å². The second kappa shape index (κ2) is 4.80. The van der Waals surface area contributed by atoms with E-state index in [1.807, 2.05) is 0 Å². The first-order valence-electron chi connectivity index (χ1n) is 4.44. The van der Waals surface area contributed by atoms with E-state index in [1.54, 1.807) is 0 Å². The Morgan fingerprint density at radius 2 is 2.33 bits per heavy atom. The van der Waals surface area contributed by atoms with Crippen LogP contribution >= 0.6 is 0 Å². The van der Waals surface area contributed by atoms with Crippen LogP contribution in [-0.4, -0.2) is 17.6 Å². The Hall–Kier alpha value is -0.990. The standard InChI is InChI=1S/C9H15NO2/c11-9(12)7-10-8-5-3-1-2-4-6-8/h5,10H,1-4,6-7H2,(H,11,12). The van der Waals surface area contributed by atoms with E-state index in [-0.39, 0.29) is 6.54 Å². The van der Waals surface area contributed by atoms with Gasteiger partial charge in [0.1, 0.15) is 6.54 Å². The first-order chi connectivity index (χ1) is 5.79. The summed E-state index contributed by atoms with van der Waals surface area (Å²) >= 11 is 0. The summed E-state index contributed by atoms with van der Waals surface area (Å²) in [5, 5.41) is 11.3. The molecule has 0 radical (unpaired) electrons. The smallest absolute Gasteiger partial charge is 0.322 e. The molecular formula is C9H15NO2. The zero-order valence-electron chi connectivity index (χ0n) is 7.18. The van der Waals surface area contributed by atoms with Crippen molar-refractivity contribution in [2.45, 2.75) is 32.1 Å². The average Bonchev–Trinajstić information content (AvgIpc) is 2.28. The van der Waals surface area contributed by atoms with Crippen molar-refractivity contribution < 1.29 is 9.90 Å². The number of nitrogens with one attached hydrogen (secondary N) is 1. The summed E-state index contributed by atoms with van der Waals surface area (Å²) in [6.45, 7) is 0.0475. The van der Waals surface area contributed by atoms with Gasteiger partial charge in [-0.05, 0) is 25.7 Å². The topological polar surface area (TPSA) is 49.3 Å². The van der Waals surface area contributed by atoms with E-state index >= 15 is 0 Å². The second-order valence-corrected chi connectivity index (χ2v) is 3.08. The van der Waals surface area contributed by atoms with Crippen LogP contribution in [-0.2, 0) is 4.79 Å². The number of allylic oxidation sites excluding steroid dienone is 2. The Bertz CT molecular complexity index is 187. The van der Waals surface area contributed by atoms with E-state index in [0.717, 1.165) is 18.5 Å². The Kier molecular flexibility index (Phi) is 3.64. The first-order valence-corrected chi connectivity index (χ1v) is 4.44. The highest BCUT2D eigenvalue weighted by Crippen LogP contribution is 2.14. The van der Waals surface area contributed by atoms with Crippen LogP contribution in [0.4, 0.5) is 0 Å². The predicted molar refractivity (Wildman–Crippen MR) is 46.8 cm³/mol. The predicted octanol–water partition coefficient (Wildman–Crippen LogP) is 1.51. The van der Waals surface area contributed by atoms with Gasteiger partial charge in [0.15, 0.2) is 0 Å². The third-order valence-electron chi connectivity index (χ3n) is 2.01. The Morgan fingerprint density at radius 1 is 1.50 bits per heavy atom. The Morgan fingerprint density at radius 3 is 3.08 bits per heavy atom. The first kappa shape index (κ1) is 9.10. The molecule has 0 aliphatic heterocycles. The fraction of sp³-hybridized carbons (Fsp3) is 0.667. The monoisotopic (exact) mass is 169 g/mol. The fourth-order valence-electron chi connectivity index (χ4n) is 1.36. The molecule has 0 saturated carbocycles. The van der Waals surface area contributed by atoms with Crippen LogP contribution in [0.25, 0.3) is 0 Å². The molecular weight excluding hydrogens is 154 g/mol. The van der Waals surface area contributed by atoms with Gasteiger partial charge in [0, 0.05) is 5.70 Å². The van der Waals surface area contributed by atoms with Gasteiger partial charge in [-0.3, -0.25) is 4.79 Å². The third-order valence-corrected chi connectivity index (χ3v) is 2.01. The van der Waals surface area contributed by atoms with Crippen LogP contribution in [0.15, 0.2) is 11.8 Å². The molecule has 0 aromatic carbocycles. The number of hydrogen-bond acceptors (Lipinski definition) is 2. The lowest BCUT2D eigenvalue weighted by atomic mass is 10.2. The maximum Gasteiger partial charge on any atom is 0.322 e. The van der Waals surface area contributed by atoms with E-state index in [2.05, 4.69) is 11.4 Å². The number of carboxylic acid groups (broad SMARTS) is 1. The minimum atomic E-state index is -0.792. The summed E-state index contributed by atoms with van der Waals surface area (Å²) in [6, 6.07) is 0. The molecule has 3 heteroatoms. The molecule has 0 amide bonds. The molecule has 0 heterocycles. The molecule has 0 aromatic rings. The molecule has 0 atom stereocenters. The number of carbonyl (C=O) groups is 1. The lowest BCUT2D eigenvalue weighted by Crippen LogP contribution is -2.21. The van der Waals surface area contributed by atoms with Crippen LogP contribution in [0.5, 0.6) is 0 Å². The van der Waals surface area contributed by atoms with Crippen molar-refractivity contribution in [1.29, 1.82) is 0 Å². The highest BCUT2D eigenvalue weighted by molar-refractivity contribution is 5.69. The molecule has 0 fully saturated rings. The maximum absolute atomic E-state index is 10.2. The molecule has 68 valence electrons. The van der Waals surface area contributed by atoms with E-state index in [9.17, 15) is 4.79 Å². The third kappa shape index (κ3) is 3.42. The van der Waals surface area contributed by atoms with E-state index < -0.39 is 5.97 Å². The normalized spacial score (nSPS) is 17.8. The molecule has 3 nitrogen and oxygen atoms in total. The van der Waals surface area contributed by atoms with Crippen LogP contribution in [0.3, 0.4) is 0 Å². The highest BCUT2D eigenvalue weighted by atomic mass is 16.4. The molecule has 12 heavy (non-hydrogen) atoms. The minimum Gasteiger partial charge on any atom is -0.480 e. The van der Waals surface area contributed by atoms with E-state index in [1.165, 1.54) is 19.3 Å². The average molecular weight is 169 g/mol. The second-order valence-electron chi connectivity index (χ2n) is 3.08. The van der Waals surface area contributed by atoms with Gasteiger partial charge in [-0.15, -0.1) is 0 Å². The van der Waals surface area contributed by atoms with Crippen LogP contribution < -0.4 is 5.32 Å². The van der Waals surface area contributed by atoms with Gasteiger partial charge >= 0.3 is 5.97 Å². The van der Waals surface area contributed by atoms with Crippen molar-refractivity contribution in [2.24, 2.45) is 0 Å². The molecule has 0 unspecified atom stereocenters. The number of rotatable bonds is 3. The Labute approximate surface area is 72.5 Å². The van der Waals surface area contributed by atoms with E-state index in [0.29, 0.717) is 0 Å². The molecule has 0 aromatic heterocycles. The molecule has 1 aliphatic carbocycles. The summed E-state index contributed by atoms with van der Waals surface area (Å²) in [5.74, 6) is -0.792. The lowest BCUT2D eigenvalue weighted by Gasteiger charge is -2.05. The fourth-order valence-corrected chi connectivity index (χ4v) is 1.36. The minimum absolute atomic E-state index is 0.0475. The van der Waals surface area contributed by atoms with Gasteiger partial charge in [-0.2, -0.15) is 0 Å². The zero-order valence-corrected chi connectivity index (χ0v) is 7.18. The Balaban J connectivity index is 2.28. The molecule has 1 rings (SSSR count). The van der Waals surface area contributed by atoms with E-state index in [4.69, 9.17) is 5.11 Å². The van der Waals surface area contributed by atoms with Crippen molar-refractivity contribution in [3.8, 4) is 0 Å². The molecule has 1 aliphatic rings. The molecule has 0 spiro atoms. The summed E-state index contributed by atoms with van der Waals surface area (Å²) < 4.78 is 0. The van der Waals surface area contributed by atoms with Crippen LogP contribution in [0.2, 0.25) is 0 Å². The van der Waals surface area contributed by atoms with Crippen molar-refractivity contribution >= 4 is 5.97 Å². The summed E-state index contributed by atoms with van der Waals surface area (Å²) in [7, 11) is 0. The van der Waals surface area contributed by atoms with Crippen molar-refractivity contribution in [1.82, 2.24) is 5.32 Å². The van der Waals surface area contributed by atoms with Crippen molar-refractivity contribution in [2.75, 3.05) is 6.54 Å². The molecule has 2 N–H and O–H groups in total. The summed E-state index contributed by atoms with van der Waals surface area (Å²) in [6.07, 6.45) is 7.89. The van der Waals surface area contributed by atoms with Gasteiger partial charge in [0.25, 0.3) is 0 Å². The van der Waals surface area contributed by atoms with Gasteiger partial charge < -0.3 is 10.4 Å². The largest absolute Gasteiger partial charge is 0.480 e. The number of aliphatic carboxylic acids is 1. The van der Waals surface area contributed by atoms with Gasteiger partial charge in [-0.25, -0.2) is 0 Å². The highest BCUT2D eigenvalue weighted by Gasteiger charge is 2.03.